The number of carbonyl (C=O) groups is 2. The van der Waals surface area contributed by atoms with E-state index in [1.165, 1.54) is 17.4 Å². The van der Waals surface area contributed by atoms with E-state index < -0.39 is 0 Å². The molecule has 1 aliphatic rings. The summed E-state index contributed by atoms with van der Waals surface area (Å²) in [5.74, 6) is -0.369. The number of benzene rings is 2. The lowest BCUT2D eigenvalue weighted by Crippen LogP contribution is -2.34. The second-order valence-corrected chi connectivity index (χ2v) is 8.15. The van der Waals surface area contributed by atoms with Gasteiger partial charge in [-0.3, -0.25) is 9.59 Å². The quantitative estimate of drug-likeness (QED) is 0.666. The maximum Gasteiger partial charge on any atom is 0.266 e. The number of halogens is 1. The molecule has 6 heteroatoms. The van der Waals surface area contributed by atoms with Crippen molar-refractivity contribution in [3.05, 3.63) is 64.3 Å². The van der Waals surface area contributed by atoms with Crippen LogP contribution in [0.2, 0.25) is 0 Å². The fourth-order valence-electron chi connectivity index (χ4n) is 3.65. The Morgan fingerprint density at radius 1 is 1.21 bits per heavy atom. The summed E-state index contributed by atoms with van der Waals surface area (Å²) in [6.07, 6.45) is 2.60. The van der Waals surface area contributed by atoms with E-state index in [1.54, 1.807) is 13.0 Å². The standard InChI is InChI=1S/C22H21FN2O2S/c1-14-20-17(23)8-5-9-18(20)28-21(14)22(27)24-16-7-4-6-15(12-16)13-25-11-3-2-10-19(25)26/h4-9,12H,2-3,10-11,13H2,1H3,(H,24,27). The topological polar surface area (TPSA) is 49.4 Å². The third kappa shape index (κ3) is 3.64. The fraction of sp³-hybridized carbons (Fsp3) is 0.273. The third-order valence-electron chi connectivity index (χ3n) is 5.09. The molecule has 144 valence electrons. The van der Waals surface area contributed by atoms with Crippen molar-refractivity contribution in [2.45, 2.75) is 32.7 Å². The first kappa shape index (κ1) is 18.6. The van der Waals surface area contributed by atoms with E-state index in [4.69, 9.17) is 0 Å². The first-order chi connectivity index (χ1) is 13.5. The summed E-state index contributed by atoms with van der Waals surface area (Å²) in [4.78, 5) is 27.2. The van der Waals surface area contributed by atoms with Gasteiger partial charge in [-0.1, -0.05) is 18.2 Å². The van der Waals surface area contributed by atoms with E-state index in [0.29, 0.717) is 34.5 Å². The van der Waals surface area contributed by atoms with Gasteiger partial charge in [0.2, 0.25) is 5.91 Å². The van der Waals surface area contributed by atoms with Crippen molar-refractivity contribution >= 4 is 38.9 Å². The number of hydrogen-bond acceptors (Lipinski definition) is 3. The summed E-state index contributed by atoms with van der Waals surface area (Å²) in [7, 11) is 0. The van der Waals surface area contributed by atoms with Crippen molar-refractivity contribution in [2.75, 3.05) is 11.9 Å². The second kappa shape index (κ2) is 7.72. The van der Waals surface area contributed by atoms with Crippen molar-refractivity contribution < 1.29 is 14.0 Å². The normalized spacial score (nSPS) is 14.5. The zero-order valence-electron chi connectivity index (χ0n) is 15.6. The molecule has 3 aromatic rings. The van der Waals surface area contributed by atoms with Gasteiger partial charge >= 0.3 is 0 Å². The molecule has 0 spiro atoms. The third-order valence-corrected chi connectivity index (χ3v) is 6.34. The highest BCUT2D eigenvalue weighted by atomic mass is 32.1. The van der Waals surface area contributed by atoms with E-state index >= 15 is 0 Å². The number of rotatable bonds is 4. The number of piperidine rings is 1. The van der Waals surface area contributed by atoms with Crippen LogP contribution < -0.4 is 5.32 Å². The predicted octanol–water partition coefficient (Wildman–Crippen LogP) is 5.11. The van der Waals surface area contributed by atoms with E-state index in [1.807, 2.05) is 35.2 Å². The largest absolute Gasteiger partial charge is 0.338 e. The van der Waals surface area contributed by atoms with E-state index in [2.05, 4.69) is 5.32 Å². The Bertz CT molecular complexity index is 1060. The van der Waals surface area contributed by atoms with Gasteiger partial charge in [-0.2, -0.15) is 0 Å². The Morgan fingerprint density at radius 3 is 2.82 bits per heavy atom. The molecular formula is C22H21FN2O2S. The molecule has 0 aliphatic carbocycles. The van der Waals surface area contributed by atoms with Gasteiger partial charge in [0.1, 0.15) is 5.82 Å². The van der Waals surface area contributed by atoms with Crippen molar-refractivity contribution in [3.63, 3.8) is 0 Å². The van der Waals surface area contributed by atoms with Gasteiger partial charge in [0.25, 0.3) is 5.91 Å². The number of anilines is 1. The van der Waals surface area contributed by atoms with Crippen molar-refractivity contribution in [1.29, 1.82) is 0 Å². The zero-order valence-corrected chi connectivity index (χ0v) is 16.4. The number of nitrogens with zero attached hydrogens (tertiary/aromatic N) is 1. The molecule has 4 rings (SSSR count). The summed E-state index contributed by atoms with van der Waals surface area (Å²) < 4.78 is 14.9. The number of likely N-dealkylation sites (tertiary alicyclic amines) is 1. The van der Waals surface area contributed by atoms with Gasteiger partial charge in [0.05, 0.1) is 4.88 Å². The Labute approximate surface area is 167 Å². The molecule has 2 heterocycles. The highest BCUT2D eigenvalue weighted by Crippen LogP contribution is 2.33. The molecule has 1 aromatic heterocycles. The molecule has 1 fully saturated rings. The number of carbonyl (C=O) groups excluding carboxylic acids is 2. The number of nitrogens with one attached hydrogen (secondary N) is 1. The number of fused-ring (bicyclic) bond motifs is 1. The molecule has 2 aromatic carbocycles. The minimum Gasteiger partial charge on any atom is -0.338 e. The number of thiophene rings is 1. The molecule has 1 N–H and O–H groups in total. The molecule has 2 amide bonds. The molecular weight excluding hydrogens is 375 g/mol. The van der Waals surface area contributed by atoms with Crippen LogP contribution in [0.3, 0.4) is 0 Å². The molecule has 1 saturated heterocycles. The van der Waals surface area contributed by atoms with Gasteiger partial charge in [0.15, 0.2) is 0 Å². The van der Waals surface area contributed by atoms with Gasteiger partial charge in [0, 0.05) is 35.3 Å². The SMILES string of the molecule is Cc1c(C(=O)Nc2cccc(CN3CCCCC3=O)c2)sc2cccc(F)c12. The lowest BCUT2D eigenvalue weighted by molar-refractivity contribution is -0.133. The van der Waals surface area contributed by atoms with Crippen LogP contribution in [-0.4, -0.2) is 23.3 Å². The van der Waals surface area contributed by atoms with Crippen LogP contribution in [0.4, 0.5) is 10.1 Å². The van der Waals surface area contributed by atoms with Crippen molar-refractivity contribution in [3.8, 4) is 0 Å². The fourth-order valence-corrected chi connectivity index (χ4v) is 4.77. The molecule has 0 radical (unpaired) electrons. The summed E-state index contributed by atoms with van der Waals surface area (Å²) >= 11 is 1.29. The Hall–Kier alpha value is -2.73. The average Bonchev–Trinajstić information content (AvgIpc) is 3.02. The predicted molar refractivity (Wildman–Crippen MR) is 110 cm³/mol. The molecule has 4 nitrogen and oxygen atoms in total. The number of amides is 2. The smallest absolute Gasteiger partial charge is 0.266 e. The Kier molecular flexibility index (Phi) is 5.13. The van der Waals surface area contributed by atoms with Crippen LogP contribution in [0.5, 0.6) is 0 Å². The first-order valence-electron chi connectivity index (χ1n) is 9.38. The van der Waals surface area contributed by atoms with Crippen LogP contribution in [0.25, 0.3) is 10.1 Å². The van der Waals surface area contributed by atoms with Crippen molar-refractivity contribution in [1.82, 2.24) is 4.90 Å². The maximum absolute atomic E-state index is 14.1. The van der Waals surface area contributed by atoms with Gasteiger partial charge in [-0.05, 0) is 55.2 Å². The Morgan fingerprint density at radius 2 is 2.04 bits per heavy atom. The molecule has 1 aliphatic heterocycles. The summed E-state index contributed by atoms with van der Waals surface area (Å²) in [5.41, 5.74) is 2.31. The van der Waals surface area contributed by atoms with Crippen LogP contribution in [0, 0.1) is 12.7 Å². The summed E-state index contributed by atoms with van der Waals surface area (Å²) in [6, 6.07) is 12.4. The van der Waals surface area contributed by atoms with Gasteiger partial charge in [-0.25, -0.2) is 4.39 Å². The van der Waals surface area contributed by atoms with Crippen molar-refractivity contribution in [2.24, 2.45) is 0 Å². The van der Waals surface area contributed by atoms with Gasteiger partial charge < -0.3 is 10.2 Å². The van der Waals surface area contributed by atoms with Crippen LogP contribution in [-0.2, 0) is 11.3 Å². The second-order valence-electron chi connectivity index (χ2n) is 7.10. The molecule has 0 bridgehead atoms. The van der Waals surface area contributed by atoms with Crippen LogP contribution in [0.1, 0.15) is 40.1 Å². The summed E-state index contributed by atoms with van der Waals surface area (Å²) in [6.45, 7) is 3.10. The zero-order chi connectivity index (χ0) is 19.7. The monoisotopic (exact) mass is 396 g/mol. The molecule has 0 saturated carbocycles. The highest BCUT2D eigenvalue weighted by molar-refractivity contribution is 7.21. The maximum atomic E-state index is 14.1. The van der Waals surface area contributed by atoms with Gasteiger partial charge in [-0.15, -0.1) is 11.3 Å². The summed E-state index contributed by atoms with van der Waals surface area (Å²) in [5, 5.41) is 3.42. The minimum absolute atomic E-state index is 0.184. The lowest BCUT2D eigenvalue weighted by Gasteiger charge is -2.26. The lowest BCUT2D eigenvalue weighted by atomic mass is 10.1. The first-order valence-corrected chi connectivity index (χ1v) is 10.2. The van der Waals surface area contributed by atoms with Crippen LogP contribution >= 0.6 is 11.3 Å². The molecule has 28 heavy (non-hydrogen) atoms. The molecule has 0 atom stereocenters. The van der Waals surface area contributed by atoms with E-state index in [-0.39, 0.29) is 17.6 Å². The van der Waals surface area contributed by atoms with Crippen LogP contribution in [0.15, 0.2) is 42.5 Å². The number of hydrogen-bond donors (Lipinski definition) is 1. The number of aryl methyl sites for hydroxylation is 1. The highest BCUT2D eigenvalue weighted by Gasteiger charge is 2.19. The molecule has 0 unspecified atom stereocenters. The average molecular weight is 396 g/mol. The van der Waals surface area contributed by atoms with E-state index in [9.17, 15) is 14.0 Å². The minimum atomic E-state index is -0.307. The Balaban J connectivity index is 1.53. The van der Waals surface area contributed by atoms with E-state index in [0.717, 1.165) is 29.6 Å².